The third-order valence-electron chi connectivity index (χ3n) is 2.59. The third-order valence-corrected chi connectivity index (χ3v) is 3.38. The maximum Gasteiger partial charge on any atom is 0.407 e. The highest BCUT2D eigenvalue weighted by Gasteiger charge is 2.23. The van der Waals surface area contributed by atoms with Crippen LogP contribution in [0.4, 0.5) is 15.6 Å². The van der Waals surface area contributed by atoms with Crippen LogP contribution in [0, 0.1) is 6.92 Å². The lowest BCUT2D eigenvalue weighted by atomic mass is 10.3. The molecule has 2 heterocycles. The fraction of sp³-hybridized carbons (Fsp3) is 0.556. The van der Waals surface area contributed by atoms with Gasteiger partial charge in [0, 0.05) is 26.2 Å². The molecule has 1 saturated heterocycles. The molecule has 1 aliphatic rings. The summed E-state index contributed by atoms with van der Waals surface area (Å²) in [4.78, 5) is 18.5. The topological polar surface area (TPSA) is 82.7 Å². The van der Waals surface area contributed by atoms with Gasteiger partial charge in [0.05, 0.1) is 5.01 Å². The Balaban J connectivity index is 2.04. The Kier molecular flexibility index (Phi) is 2.86. The predicted molar refractivity (Wildman–Crippen MR) is 63.1 cm³/mol. The van der Waals surface area contributed by atoms with Crippen molar-refractivity contribution in [3.8, 4) is 0 Å². The van der Waals surface area contributed by atoms with E-state index in [0.717, 1.165) is 10.8 Å². The van der Waals surface area contributed by atoms with E-state index in [1.54, 1.807) is 0 Å². The number of anilines is 2. The molecule has 0 aliphatic carbocycles. The van der Waals surface area contributed by atoms with Gasteiger partial charge < -0.3 is 20.6 Å². The number of amides is 1. The molecule has 1 amide bonds. The van der Waals surface area contributed by atoms with Crippen LogP contribution < -0.4 is 10.6 Å². The first-order valence-corrected chi connectivity index (χ1v) is 5.85. The lowest BCUT2D eigenvalue weighted by Gasteiger charge is -2.33. The Bertz CT molecular complexity index is 398. The Hall–Kier alpha value is -1.50. The molecule has 1 aromatic rings. The van der Waals surface area contributed by atoms with Crippen molar-refractivity contribution in [1.29, 1.82) is 0 Å². The fourth-order valence-corrected chi connectivity index (χ4v) is 2.48. The minimum Gasteiger partial charge on any atom is -0.465 e. The number of rotatable bonds is 1. The van der Waals surface area contributed by atoms with Crippen LogP contribution in [0.2, 0.25) is 0 Å². The van der Waals surface area contributed by atoms with Crippen molar-refractivity contribution in [3.63, 3.8) is 0 Å². The molecule has 3 N–H and O–H groups in total. The van der Waals surface area contributed by atoms with E-state index >= 15 is 0 Å². The summed E-state index contributed by atoms with van der Waals surface area (Å²) in [7, 11) is 0. The molecule has 0 bridgehead atoms. The van der Waals surface area contributed by atoms with Gasteiger partial charge in [0.2, 0.25) is 0 Å². The van der Waals surface area contributed by atoms with Crippen molar-refractivity contribution in [1.82, 2.24) is 9.88 Å². The number of carbonyl (C=O) groups is 1. The standard InChI is InChI=1S/C9H14N4O2S/c1-6-11-8(7(10)16-6)12-2-4-13(5-3-12)9(14)15/h2-5,10H2,1H3,(H,14,15). The van der Waals surface area contributed by atoms with Gasteiger partial charge in [-0.15, -0.1) is 0 Å². The number of thiazole rings is 1. The minimum atomic E-state index is -0.859. The summed E-state index contributed by atoms with van der Waals surface area (Å²) in [5, 5.41) is 10.5. The monoisotopic (exact) mass is 242 g/mol. The smallest absolute Gasteiger partial charge is 0.407 e. The van der Waals surface area contributed by atoms with Gasteiger partial charge in [-0.3, -0.25) is 0 Å². The molecule has 0 unspecified atom stereocenters. The van der Waals surface area contributed by atoms with Gasteiger partial charge in [0.25, 0.3) is 0 Å². The first-order valence-electron chi connectivity index (χ1n) is 5.03. The fourth-order valence-electron chi connectivity index (χ4n) is 1.77. The first-order chi connectivity index (χ1) is 7.58. The van der Waals surface area contributed by atoms with Crippen molar-refractivity contribution >= 4 is 28.2 Å². The molecule has 6 nitrogen and oxygen atoms in total. The van der Waals surface area contributed by atoms with E-state index in [1.165, 1.54) is 16.2 Å². The average molecular weight is 242 g/mol. The van der Waals surface area contributed by atoms with Crippen LogP contribution in [0.15, 0.2) is 0 Å². The summed E-state index contributed by atoms with van der Waals surface area (Å²) in [6, 6.07) is 0. The number of carboxylic acid groups (broad SMARTS) is 1. The van der Waals surface area contributed by atoms with E-state index < -0.39 is 6.09 Å². The number of nitrogen functional groups attached to an aromatic ring is 1. The van der Waals surface area contributed by atoms with E-state index in [9.17, 15) is 4.79 Å². The van der Waals surface area contributed by atoms with E-state index in [2.05, 4.69) is 4.98 Å². The number of nitrogens with zero attached hydrogens (tertiary/aromatic N) is 3. The SMILES string of the molecule is Cc1nc(N2CCN(C(=O)O)CC2)c(N)s1. The number of aromatic nitrogens is 1. The molecule has 16 heavy (non-hydrogen) atoms. The van der Waals surface area contributed by atoms with Crippen molar-refractivity contribution in [2.24, 2.45) is 0 Å². The van der Waals surface area contributed by atoms with E-state index in [-0.39, 0.29) is 0 Å². The van der Waals surface area contributed by atoms with Crippen molar-refractivity contribution in [2.75, 3.05) is 36.8 Å². The van der Waals surface area contributed by atoms with Gasteiger partial charge in [-0.2, -0.15) is 0 Å². The van der Waals surface area contributed by atoms with Crippen LogP contribution in [0.3, 0.4) is 0 Å². The predicted octanol–water partition coefficient (Wildman–Crippen LogP) is 0.834. The molecule has 1 aromatic heterocycles. The average Bonchev–Trinajstić information content (AvgIpc) is 2.58. The van der Waals surface area contributed by atoms with Crippen molar-refractivity contribution in [3.05, 3.63) is 5.01 Å². The molecule has 7 heteroatoms. The molecular formula is C9H14N4O2S. The van der Waals surface area contributed by atoms with Crippen LogP contribution in [0.25, 0.3) is 0 Å². The quantitative estimate of drug-likeness (QED) is 0.762. The van der Waals surface area contributed by atoms with Crippen molar-refractivity contribution < 1.29 is 9.90 Å². The zero-order valence-electron chi connectivity index (χ0n) is 9.01. The maximum absolute atomic E-state index is 10.7. The lowest BCUT2D eigenvalue weighted by molar-refractivity contribution is 0.142. The molecule has 2 rings (SSSR count). The van der Waals surface area contributed by atoms with E-state index in [4.69, 9.17) is 10.8 Å². The van der Waals surface area contributed by atoms with Crippen LogP contribution in [0.1, 0.15) is 5.01 Å². The zero-order valence-corrected chi connectivity index (χ0v) is 9.83. The summed E-state index contributed by atoms with van der Waals surface area (Å²) in [6.45, 7) is 4.23. The molecular weight excluding hydrogens is 228 g/mol. The Morgan fingerprint density at radius 3 is 2.50 bits per heavy atom. The van der Waals surface area contributed by atoms with Crippen LogP contribution in [-0.2, 0) is 0 Å². The van der Waals surface area contributed by atoms with Gasteiger partial charge in [0.1, 0.15) is 5.00 Å². The second-order valence-electron chi connectivity index (χ2n) is 3.68. The highest BCUT2D eigenvalue weighted by Crippen LogP contribution is 2.29. The Labute approximate surface area is 97.3 Å². The maximum atomic E-state index is 10.7. The molecule has 0 atom stereocenters. The number of aryl methyl sites for hydroxylation is 1. The number of hydrogen-bond donors (Lipinski definition) is 2. The van der Waals surface area contributed by atoms with Crippen LogP contribution >= 0.6 is 11.3 Å². The normalized spacial score (nSPS) is 16.6. The molecule has 0 aromatic carbocycles. The highest BCUT2D eigenvalue weighted by molar-refractivity contribution is 7.16. The first kappa shape index (κ1) is 11.0. The van der Waals surface area contributed by atoms with E-state index in [0.29, 0.717) is 31.2 Å². The summed E-state index contributed by atoms with van der Waals surface area (Å²) in [5.74, 6) is 0.799. The molecule has 0 spiro atoms. The van der Waals surface area contributed by atoms with Gasteiger partial charge in [-0.25, -0.2) is 9.78 Å². The summed E-state index contributed by atoms with van der Waals surface area (Å²) in [6.07, 6.45) is -0.859. The van der Waals surface area contributed by atoms with Crippen molar-refractivity contribution in [2.45, 2.75) is 6.92 Å². The zero-order chi connectivity index (χ0) is 11.7. The second-order valence-corrected chi connectivity index (χ2v) is 4.91. The van der Waals surface area contributed by atoms with Gasteiger partial charge in [0.15, 0.2) is 5.82 Å². The third kappa shape index (κ3) is 2.04. The van der Waals surface area contributed by atoms with E-state index in [1.807, 2.05) is 11.8 Å². The highest BCUT2D eigenvalue weighted by atomic mass is 32.1. The second kappa shape index (κ2) is 4.17. The molecule has 0 saturated carbocycles. The molecule has 0 radical (unpaired) electrons. The number of nitrogens with two attached hydrogens (primary N) is 1. The van der Waals surface area contributed by atoms with Gasteiger partial charge in [-0.05, 0) is 6.92 Å². The van der Waals surface area contributed by atoms with Gasteiger partial charge in [-0.1, -0.05) is 11.3 Å². The number of hydrogen-bond acceptors (Lipinski definition) is 5. The minimum absolute atomic E-state index is 0.505. The molecule has 88 valence electrons. The largest absolute Gasteiger partial charge is 0.465 e. The van der Waals surface area contributed by atoms with Crippen LogP contribution in [-0.4, -0.2) is 47.3 Å². The summed E-state index contributed by atoms with van der Waals surface area (Å²) in [5.41, 5.74) is 5.85. The molecule has 1 aliphatic heterocycles. The number of piperazine rings is 1. The van der Waals surface area contributed by atoms with Gasteiger partial charge >= 0.3 is 6.09 Å². The Morgan fingerprint density at radius 1 is 1.44 bits per heavy atom. The lowest BCUT2D eigenvalue weighted by Crippen LogP contribution is -2.48. The summed E-state index contributed by atoms with van der Waals surface area (Å²) >= 11 is 1.47. The Morgan fingerprint density at radius 2 is 2.06 bits per heavy atom. The summed E-state index contributed by atoms with van der Waals surface area (Å²) < 4.78 is 0. The molecule has 1 fully saturated rings. The van der Waals surface area contributed by atoms with Crippen LogP contribution in [0.5, 0.6) is 0 Å².